The van der Waals surface area contributed by atoms with E-state index in [1.54, 1.807) is 22.9 Å². The highest BCUT2D eigenvalue weighted by atomic mass is 16.3. The summed E-state index contributed by atoms with van der Waals surface area (Å²) in [6.07, 6.45) is 2.49. The fourth-order valence-electron chi connectivity index (χ4n) is 2.21. The minimum atomic E-state index is -0.552. The van der Waals surface area contributed by atoms with Crippen molar-refractivity contribution in [2.45, 2.75) is 18.9 Å². The molecule has 0 bridgehead atoms. The van der Waals surface area contributed by atoms with Crippen molar-refractivity contribution in [3.05, 3.63) is 35.5 Å². The summed E-state index contributed by atoms with van der Waals surface area (Å²) in [7, 11) is 0. The van der Waals surface area contributed by atoms with Gasteiger partial charge >= 0.3 is 0 Å². The van der Waals surface area contributed by atoms with Crippen molar-refractivity contribution in [2.75, 3.05) is 0 Å². The molecule has 6 nitrogen and oxygen atoms in total. The van der Waals surface area contributed by atoms with Crippen LogP contribution in [0, 0.1) is 0 Å². The van der Waals surface area contributed by atoms with Crippen LogP contribution in [-0.2, 0) is 0 Å². The Morgan fingerprint density at radius 1 is 1.45 bits per heavy atom. The molecule has 0 unspecified atom stereocenters. The van der Waals surface area contributed by atoms with E-state index < -0.39 is 5.91 Å². The second-order valence-electron chi connectivity index (χ2n) is 4.81. The molecular formula is C14H13N3O3. The number of benzene rings is 1. The van der Waals surface area contributed by atoms with Crippen LogP contribution in [0.1, 0.15) is 39.7 Å². The van der Waals surface area contributed by atoms with E-state index in [9.17, 15) is 14.7 Å². The van der Waals surface area contributed by atoms with Gasteiger partial charge in [0.25, 0.3) is 5.91 Å². The van der Waals surface area contributed by atoms with Crippen molar-refractivity contribution >= 4 is 12.2 Å². The van der Waals surface area contributed by atoms with Crippen LogP contribution in [0.15, 0.2) is 24.3 Å². The number of aldehydes is 1. The Hall–Kier alpha value is -2.63. The van der Waals surface area contributed by atoms with Crippen molar-refractivity contribution in [1.29, 1.82) is 0 Å². The number of phenolic OH excluding ortho intramolecular Hbond substituents is 1. The Morgan fingerprint density at radius 3 is 2.80 bits per heavy atom. The summed E-state index contributed by atoms with van der Waals surface area (Å²) in [6, 6.07) is 6.48. The Morgan fingerprint density at radius 2 is 2.20 bits per heavy atom. The molecule has 0 radical (unpaired) electrons. The third-order valence-corrected chi connectivity index (χ3v) is 3.36. The highest BCUT2D eigenvalue weighted by molar-refractivity contribution is 5.94. The third kappa shape index (κ3) is 1.95. The zero-order valence-electron chi connectivity index (χ0n) is 10.6. The second-order valence-corrected chi connectivity index (χ2v) is 4.81. The van der Waals surface area contributed by atoms with Gasteiger partial charge in [0.05, 0.1) is 17.3 Å². The summed E-state index contributed by atoms with van der Waals surface area (Å²) in [5.41, 5.74) is 6.78. The van der Waals surface area contributed by atoms with E-state index in [1.807, 2.05) is 0 Å². The van der Waals surface area contributed by atoms with Crippen LogP contribution in [0.5, 0.6) is 5.75 Å². The van der Waals surface area contributed by atoms with Crippen molar-refractivity contribution < 1.29 is 14.7 Å². The van der Waals surface area contributed by atoms with Crippen LogP contribution in [0.3, 0.4) is 0 Å². The van der Waals surface area contributed by atoms with Gasteiger partial charge in [-0.2, -0.15) is 5.10 Å². The molecule has 6 heteroatoms. The van der Waals surface area contributed by atoms with Gasteiger partial charge in [-0.3, -0.25) is 14.3 Å². The number of nitrogens with two attached hydrogens (primary N) is 1. The largest absolute Gasteiger partial charge is 0.507 e. The summed E-state index contributed by atoms with van der Waals surface area (Å²) in [6.45, 7) is 0. The highest BCUT2D eigenvalue weighted by Crippen LogP contribution is 2.37. The smallest absolute Gasteiger partial charge is 0.267 e. The van der Waals surface area contributed by atoms with Gasteiger partial charge in [0.2, 0.25) is 0 Å². The normalized spacial score (nSPS) is 14.2. The van der Waals surface area contributed by atoms with E-state index in [0.717, 1.165) is 12.8 Å². The molecule has 1 aliphatic carbocycles. The zero-order valence-corrected chi connectivity index (χ0v) is 10.6. The molecule has 3 N–H and O–H groups in total. The van der Waals surface area contributed by atoms with E-state index in [-0.39, 0.29) is 17.4 Å². The van der Waals surface area contributed by atoms with Crippen molar-refractivity contribution in [3.8, 4) is 17.0 Å². The molecule has 0 aliphatic heterocycles. The quantitative estimate of drug-likeness (QED) is 0.823. The van der Waals surface area contributed by atoms with Gasteiger partial charge in [0.15, 0.2) is 6.29 Å². The van der Waals surface area contributed by atoms with Gasteiger partial charge in [-0.25, -0.2) is 0 Å². The average molecular weight is 271 g/mol. The SMILES string of the molecule is NC(=O)c1cc(-c2cccc(O)c2C=O)nn1C1CC1. The first-order valence-corrected chi connectivity index (χ1v) is 6.28. The molecule has 1 aliphatic rings. The maximum absolute atomic E-state index is 11.5. The first-order chi connectivity index (χ1) is 9.61. The molecule has 20 heavy (non-hydrogen) atoms. The summed E-state index contributed by atoms with van der Waals surface area (Å²) in [4.78, 5) is 22.6. The first kappa shape index (κ1) is 12.4. The zero-order chi connectivity index (χ0) is 14.3. The molecule has 2 aromatic rings. The lowest BCUT2D eigenvalue weighted by Gasteiger charge is -2.03. The molecule has 0 spiro atoms. The predicted molar refractivity (Wildman–Crippen MR) is 71.5 cm³/mol. The van der Waals surface area contributed by atoms with Crippen LogP contribution in [-0.4, -0.2) is 27.1 Å². The van der Waals surface area contributed by atoms with Crippen LogP contribution < -0.4 is 5.73 Å². The predicted octanol–water partition coefficient (Wildman–Crippen LogP) is 1.50. The number of hydrogen-bond donors (Lipinski definition) is 2. The Kier molecular flexibility index (Phi) is 2.78. The van der Waals surface area contributed by atoms with Gasteiger partial charge in [-0.15, -0.1) is 0 Å². The monoisotopic (exact) mass is 271 g/mol. The highest BCUT2D eigenvalue weighted by Gasteiger charge is 2.29. The number of phenols is 1. The molecule has 1 fully saturated rings. The molecule has 102 valence electrons. The van der Waals surface area contributed by atoms with Crippen molar-refractivity contribution in [2.24, 2.45) is 5.73 Å². The fourth-order valence-corrected chi connectivity index (χ4v) is 2.21. The topological polar surface area (TPSA) is 98.2 Å². The van der Waals surface area contributed by atoms with E-state index in [2.05, 4.69) is 5.10 Å². The van der Waals surface area contributed by atoms with Gasteiger partial charge in [-0.1, -0.05) is 12.1 Å². The molecule has 1 aromatic heterocycles. The van der Waals surface area contributed by atoms with E-state index >= 15 is 0 Å². The molecule has 1 heterocycles. The number of amides is 1. The molecule has 1 amide bonds. The third-order valence-electron chi connectivity index (χ3n) is 3.36. The molecule has 1 saturated carbocycles. The van der Waals surface area contributed by atoms with Gasteiger partial charge in [-0.05, 0) is 25.0 Å². The second kappa shape index (κ2) is 4.48. The lowest BCUT2D eigenvalue weighted by atomic mass is 10.0. The lowest BCUT2D eigenvalue weighted by Crippen LogP contribution is -2.16. The fraction of sp³-hybridized carbons (Fsp3) is 0.214. The van der Waals surface area contributed by atoms with Gasteiger partial charge < -0.3 is 10.8 Å². The minimum absolute atomic E-state index is 0.112. The molecular weight excluding hydrogens is 258 g/mol. The maximum Gasteiger partial charge on any atom is 0.267 e. The summed E-state index contributed by atoms with van der Waals surface area (Å²) in [5.74, 6) is -0.664. The average Bonchev–Trinajstić information content (AvgIpc) is 3.17. The summed E-state index contributed by atoms with van der Waals surface area (Å²) >= 11 is 0. The van der Waals surface area contributed by atoms with Gasteiger partial charge in [0.1, 0.15) is 11.4 Å². The summed E-state index contributed by atoms with van der Waals surface area (Å²) in [5, 5.41) is 14.1. The van der Waals surface area contributed by atoms with Crippen molar-refractivity contribution in [1.82, 2.24) is 9.78 Å². The van der Waals surface area contributed by atoms with Crippen LogP contribution in [0.4, 0.5) is 0 Å². The summed E-state index contributed by atoms with van der Waals surface area (Å²) < 4.78 is 1.61. The maximum atomic E-state index is 11.5. The Labute approximate surface area is 114 Å². The number of rotatable bonds is 4. The van der Waals surface area contributed by atoms with E-state index in [1.165, 1.54) is 6.07 Å². The number of hydrogen-bond acceptors (Lipinski definition) is 4. The van der Waals surface area contributed by atoms with Crippen LogP contribution >= 0.6 is 0 Å². The molecule has 3 rings (SSSR count). The number of aromatic nitrogens is 2. The Balaban J connectivity index is 2.16. The van der Waals surface area contributed by atoms with E-state index in [0.29, 0.717) is 23.2 Å². The van der Waals surface area contributed by atoms with E-state index in [4.69, 9.17) is 5.73 Å². The Bertz CT molecular complexity index is 702. The first-order valence-electron chi connectivity index (χ1n) is 6.28. The lowest BCUT2D eigenvalue weighted by molar-refractivity contribution is 0.0989. The number of aromatic hydroxyl groups is 1. The number of primary amides is 1. The van der Waals surface area contributed by atoms with Gasteiger partial charge in [0, 0.05) is 5.56 Å². The molecule has 0 saturated heterocycles. The minimum Gasteiger partial charge on any atom is -0.507 e. The van der Waals surface area contributed by atoms with Crippen molar-refractivity contribution in [3.63, 3.8) is 0 Å². The van der Waals surface area contributed by atoms with Crippen LogP contribution in [0.2, 0.25) is 0 Å². The number of carbonyl (C=O) groups is 2. The van der Waals surface area contributed by atoms with Crippen LogP contribution in [0.25, 0.3) is 11.3 Å². The number of carbonyl (C=O) groups excluding carboxylic acids is 2. The molecule has 0 atom stereocenters. The standard InChI is InChI=1S/C14H13N3O3/c15-14(20)12-6-11(16-17(12)8-4-5-8)9-2-1-3-13(19)10(9)7-18/h1-3,6-8,19H,4-5H2,(H2,15,20). The number of nitrogens with zero attached hydrogens (tertiary/aromatic N) is 2. The molecule has 1 aromatic carbocycles.